The van der Waals surface area contributed by atoms with E-state index in [1.54, 1.807) is 13.0 Å². The number of hydrogen-bond acceptors (Lipinski definition) is 2. The number of alkyl halides is 3. The summed E-state index contributed by atoms with van der Waals surface area (Å²) in [5, 5.41) is 6.95. The van der Waals surface area contributed by atoms with Crippen molar-refractivity contribution in [3.8, 4) is 0 Å². The summed E-state index contributed by atoms with van der Waals surface area (Å²) < 4.78 is 53.6. The average molecular weight is 299 g/mol. The van der Waals surface area contributed by atoms with Crippen molar-refractivity contribution in [2.75, 3.05) is 5.32 Å². The van der Waals surface area contributed by atoms with Gasteiger partial charge in [0.2, 0.25) is 0 Å². The Morgan fingerprint density at radius 1 is 1.24 bits per heavy atom. The van der Waals surface area contributed by atoms with Gasteiger partial charge in [0.05, 0.1) is 11.7 Å². The van der Waals surface area contributed by atoms with Gasteiger partial charge in [0.15, 0.2) is 6.04 Å². The van der Waals surface area contributed by atoms with Crippen molar-refractivity contribution in [2.45, 2.75) is 31.6 Å². The SMILES string of the molecule is Cc1cc2n(n1)[C@@H](C(F)(F)F)C[C@H](c1ccc(F)cc1)N2. The summed E-state index contributed by atoms with van der Waals surface area (Å²) in [6.07, 6.45) is -4.56. The van der Waals surface area contributed by atoms with Crippen molar-refractivity contribution >= 4 is 5.82 Å². The van der Waals surface area contributed by atoms with Gasteiger partial charge in [0, 0.05) is 12.5 Å². The Labute approximate surface area is 118 Å². The molecule has 0 radical (unpaired) electrons. The molecule has 0 spiro atoms. The predicted molar refractivity (Wildman–Crippen MR) is 69.4 cm³/mol. The third-order valence-electron chi connectivity index (χ3n) is 3.58. The number of halogens is 4. The van der Waals surface area contributed by atoms with E-state index < -0.39 is 24.1 Å². The second kappa shape index (κ2) is 4.75. The van der Waals surface area contributed by atoms with Gasteiger partial charge in [0.1, 0.15) is 11.6 Å². The Balaban J connectivity index is 1.98. The molecule has 0 unspecified atom stereocenters. The number of aromatic nitrogens is 2. The minimum Gasteiger partial charge on any atom is -0.363 e. The molecule has 112 valence electrons. The Kier molecular flexibility index (Phi) is 3.15. The summed E-state index contributed by atoms with van der Waals surface area (Å²) in [5.41, 5.74) is 1.14. The fraction of sp³-hybridized carbons (Fsp3) is 0.357. The van der Waals surface area contributed by atoms with E-state index in [-0.39, 0.29) is 6.42 Å². The highest BCUT2D eigenvalue weighted by Crippen LogP contribution is 2.43. The molecule has 3 rings (SSSR count). The van der Waals surface area contributed by atoms with Crippen LogP contribution in [0.1, 0.15) is 29.8 Å². The van der Waals surface area contributed by atoms with Crippen LogP contribution in [0.4, 0.5) is 23.4 Å². The summed E-state index contributed by atoms with van der Waals surface area (Å²) in [7, 11) is 0. The van der Waals surface area contributed by atoms with Gasteiger partial charge >= 0.3 is 6.18 Å². The highest BCUT2D eigenvalue weighted by Gasteiger charge is 2.46. The maximum atomic E-state index is 13.2. The van der Waals surface area contributed by atoms with E-state index in [0.717, 1.165) is 4.68 Å². The van der Waals surface area contributed by atoms with E-state index >= 15 is 0 Å². The molecule has 0 saturated carbocycles. The zero-order valence-corrected chi connectivity index (χ0v) is 11.2. The van der Waals surface area contributed by atoms with Gasteiger partial charge in [-0.1, -0.05) is 12.1 Å². The Bertz CT molecular complexity index is 645. The standard InChI is InChI=1S/C14H13F4N3/c1-8-6-13-19-11(9-2-4-10(15)5-3-9)7-12(14(16,17)18)21(13)20-8/h2-6,11-12,19H,7H2,1H3/t11-,12-/m1/s1. The van der Waals surface area contributed by atoms with Crippen molar-refractivity contribution < 1.29 is 17.6 Å². The molecule has 0 fully saturated rings. The van der Waals surface area contributed by atoms with Gasteiger partial charge in [-0.2, -0.15) is 18.3 Å². The minimum atomic E-state index is -4.38. The molecule has 1 N–H and O–H groups in total. The summed E-state index contributed by atoms with van der Waals surface area (Å²) >= 11 is 0. The van der Waals surface area contributed by atoms with Crippen LogP contribution in [-0.2, 0) is 0 Å². The highest BCUT2D eigenvalue weighted by atomic mass is 19.4. The van der Waals surface area contributed by atoms with E-state index in [1.807, 2.05) is 0 Å². The lowest BCUT2D eigenvalue weighted by Crippen LogP contribution is -2.35. The third kappa shape index (κ3) is 2.59. The van der Waals surface area contributed by atoms with Gasteiger partial charge in [-0.25, -0.2) is 9.07 Å². The van der Waals surface area contributed by atoms with Crippen molar-refractivity contribution in [1.82, 2.24) is 9.78 Å². The van der Waals surface area contributed by atoms with Gasteiger partial charge in [-0.15, -0.1) is 0 Å². The molecule has 0 bridgehead atoms. The second-order valence-corrected chi connectivity index (χ2v) is 5.16. The first kappa shape index (κ1) is 13.9. The van der Waals surface area contributed by atoms with Crippen LogP contribution in [0.25, 0.3) is 0 Å². The summed E-state index contributed by atoms with van der Waals surface area (Å²) in [4.78, 5) is 0. The van der Waals surface area contributed by atoms with Crippen LogP contribution in [0.3, 0.4) is 0 Å². The van der Waals surface area contributed by atoms with Crippen LogP contribution in [-0.4, -0.2) is 16.0 Å². The van der Waals surface area contributed by atoms with Crippen LogP contribution >= 0.6 is 0 Å². The lowest BCUT2D eigenvalue weighted by Gasteiger charge is -2.33. The Morgan fingerprint density at radius 3 is 2.52 bits per heavy atom. The van der Waals surface area contributed by atoms with Crippen molar-refractivity contribution in [1.29, 1.82) is 0 Å². The number of nitrogens with zero attached hydrogens (tertiary/aromatic N) is 2. The summed E-state index contributed by atoms with van der Waals surface area (Å²) in [5.74, 6) is -0.0850. The molecular weight excluding hydrogens is 286 g/mol. The molecule has 1 aromatic heterocycles. The van der Waals surface area contributed by atoms with Gasteiger partial charge in [0.25, 0.3) is 0 Å². The Morgan fingerprint density at radius 2 is 1.90 bits per heavy atom. The predicted octanol–water partition coefficient (Wildman–Crippen LogP) is 3.99. The Hall–Kier alpha value is -2.05. The molecule has 1 aliphatic heterocycles. The van der Waals surface area contributed by atoms with Crippen LogP contribution < -0.4 is 5.32 Å². The zero-order valence-electron chi connectivity index (χ0n) is 11.2. The molecule has 1 aliphatic rings. The van der Waals surface area contributed by atoms with E-state index in [2.05, 4.69) is 10.4 Å². The smallest absolute Gasteiger partial charge is 0.363 e. The van der Waals surface area contributed by atoms with Crippen molar-refractivity contribution in [2.24, 2.45) is 0 Å². The number of nitrogens with one attached hydrogen (secondary N) is 1. The molecule has 2 atom stereocenters. The van der Waals surface area contributed by atoms with Crippen LogP contribution in [0.15, 0.2) is 30.3 Å². The molecule has 1 aromatic carbocycles. The number of benzene rings is 1. The van der Waals surface area contributed by atoms with Gasteiger partial charge in [-0.3, -0.25) is 0 Å². The molecule has 2 aromatic rings. The lowest BCUT2D eigenvalue weighted by atomic mass is 9.97. The largest absolute Gasteiger partial charge is 0.410 e. The number of anilines is 1. The van der Waals surface area contributed by atoms with E-state index in [0.29, 0.717) is 17.1 Å². The molecule has 3 nitrogen and oxygen atoms in total. The van der Waals surface area contributed by atoms with Gasteiger partial charge in [-0.05, 0) is 24.6 Å². The quantitative estimate of drug-likeness (QED) is 0.807. The molecular formula is C14H13F4N3. The highest BCUT2D eigenvalue weighted by molar-refractivity contribution is 5.43. The van der Waals surface area contributed by atoms with Crippen LogP contribution in [0.5, 0.6) is 0 Å². The first-order valence-corrected chi connectivity index (χ1v) is 6.49. The molecule has 2 heterocycles. The monoisotopic (exact) mass is 299 g/mol. The van der Waals surface area contributed by atoms with E-state index in [4.69, 9.17) is 0 Å². The van der Waals surface area contributed by atoms with Crippen molar-refractivity contribution in [3.63, 3.8) is 0 Å². The van der Waals surface area contributed by atoms with E-state index in [9.17, 15) is 17.6 Å². The maximum Gasteiger partial charge on any atom is 0.410 e. The number of fused-ring (bicyclic) bond motifs is 1. The topological polar surface area (TPSA) is 29.9 Å². The number of rotatable bonds is 1. The normalized spacial score (nSPS) is 21.8. The van der Waals surface area contributed by atoms with E-state index in [1.165, 1.54) is 24.3 Å². The number of hydrogen-bond donors (Lipinski definition) is 1. The molecule has 7 heteroatoms. The zero-order chi connectivity index (χ0) is 15.2. The van der Waals surface area contributed by atoms with Crippen LogP contribution in [0.2, 0.25) is 0 Å². The summed E-state index contributed by atoms with van der Waals surface area (Å²) in [6, 6.07) is 4.86. The summed E-state index contributed by atoms with van der Waals surface area (Å²) in [6.45, 7) is 1.65. The fourth-order valence-corrected chi connectivity index (χ4v) is 2.61. The third-order valence-corrected chi connectivity index (χ3v) is 3.58. The molecule has 0 aliphatic carbocycles. The molecule has 21 heavy (non-hydrogen) atoms. The molecule has 0 amide bonds. The fourth-order valence-electron chi connectivity index (χ4n) is 2.61. The number of aryl methyl sites for hydroxylation is 1. The maximum absolute atomic E-state index is 13.2. The second-order valence-electron chi connectivity index (χ2n) is 5.16. The average Bonchev–Trinajstić information content (AvgIpc) is 2.77. The minimum absolute atomic E-state index is 0.177. The first-order chi connectivity index (χ1) is 9.84. The van der Waals surface area contributed by atoms with Crippen LogP contribution in [0, 0.1) is 12.7 Å². The van der Waals surface area contributed by atoms with Gasteiger partial charge < -0.3 is 5.32 Å². The first-order valence-electron chi connectivity index (χ1n) is 6.49. The van der Waals surface area contributed by atoms with Crippen molar-refractivity contribution in [3.05, 3.63) is 47.4 Å². The molecule has 0 saturated heterocycles. The lowest BCUT2D eigenvalue weighted by molar-refractivity contribution is -0.173.